The molecule has 2 unspecified atom stereocenters. The van der Waals surface area contributed by atoms with E-state index < -0.39 is 0 Å². The zero-order valence-corrected chi connectivity index (χ0v) is 9.37. The van der Waals surface area contributed by atoms with Crippen molar-refractivity contribution in [2.24, 2.45) is 11.5 Å². The number of hydrogen-bond acceptors (Lipinski definition) is 4. The molecule has 0 radical (unpaired) electrons. The summed E-state index contributed by atoms with van der Waals surface area (Å²) in [5, 5.41) is 0. The lowest BCUT2D eigenvalue weighted by atomic mass is 10.3. The van der Waals surface area contributed by atoms with Crippen LogP contribution in [-0.4, -0.2) is 38.5 Å². The fraction of sp³-hybridized carbons (Fsp3) is 1.00. The Morgan fingerprint density at radius 3 is 1.43 bits per heavy atom. The van der Waals surface area contributed by atoms with Crippen LogP contribution in [0.3, 0.4) is 0 Å². The minimum atomic E-state index is 0.217. The average molecular weight is 204 g/mol. The van der Waals surface area contributed by atoms with Crippen LogP contribution in [0.4, 0.5) is 0 Å². The molecule has 0 saturated heterocycles. The van der Waals surface area contributed by atoms with Gasteiger partial charge in [0.1, 0.15) is 0 Å². The molecule has 0 aliphatic heterocycles. The van der Waals surface area contributed by atoms with E-state index in [0.717, 1.165) is 12.8 Å². The summed E-state index contributed by atoms with van der Waals surface area (Å²) in [6.07, 6.45) is 1.81. The molecule has 86 valence electrons. The van der Waals surface area contributed by atoms with Gasteiger partial charge in [0.15, 0.2) is 0 Å². The molecule has 0 aromatic carbocycles. The van der Waals surface area contributed by atoms with Crippen LogP contribution >= 0.6 is 0 Å². The highest BCUT2D eigenvalue weighted by Crippen LogP contribution is 1.90. The molecule has 0 saturated carbocycles. The lowest BCUT2D eigenvalue weighted by molar-refractivity contribution is 0.0437. The van der Waals surface area contributed by atoms with E-state index in [1.165, 1.54) is 0 Å². The third kappa shape index (κ3) is 11.8. The van der Waals surface area contributed by atoms with E-state index in [4.69, 9.17) is 20.9 Å². The van der Waals surface area contributed by atoms with Gasteiger partial charge in [-0.1, -0.05) is 0 Å². The van der Waals surface area contributed by atoms with Gasteiger partial charge in [0.05, 0.1) is 13.2 Å². The van der Waals surface area contributed by atoms with Crippen LogP contribution < -0.4 is 11.5 Å². The van der Waals surface area contributed by atoms with E-state index in [0.29, 0.717) is 26.4 Å². The standard InChI is InChI=1S/C10H24N2O2/c1-9(11)3-5-13-7-8-14-6-4-10(2)12/h9-10H,3-8,11-12H2,1-2H3. The van der Waals surface area contributed by atoms with Crippen LogP contribution in [0, 0.1) is 0 Å². The monoisotopic (exact) mass is 204 g/mol. The molecule has 0 aromatic heterocycles. The SMILES string of the molecule is CC(N)CCOCCOCCC(C)N. The van der Waals surface area contributed by atoms with E-state index in [-0.39, 0.29) is 12.1 Å². The summed E-state index contributed by atoms with van der Waals surface area (Å²) in [7, 11) is 0. The second-order valence-electron chi connectivity index (χ2n) is 3.76. The summed E-state index contributed by atoms with van der Waals surface area (Å²) in [6, 6.07) is 0.433. The molecule has 0 rings (SSSR count). The predicted molar refractivity (Wildman–Crippen MR) is 58.2 cm³/mol. The van der Waals surface area contributed by atoms with Crippen molar-refractivity contribution in [1.82, 2.24) is 0 Å². The Bertz CT molecular complexity index is 105. The first-order valence-corrected chi connectivity index (χ1v) is 5.29. The maximum absolute atomic E-state index is 5.56. The van der Waals surface area contributed by atoms with Crippen molar-refractivity contribution < 1.29 is 9.47 Å². The molecule has 0 aliphatic carbocycles. The molecule has 0 heterocycles. The zero-order valence-electron chi connectivity index (χ0n) is 9.37. The fourth-order valence-corrected chi connectivity index (χ4v) is 0.860. The summed E-state index contributed by atoms with van der Waals surface area (Å²) < 4.78 is 10.6. The van der Waals surface area contributed by atoms with Crippen molar-refractivity contribution in [2.45, 2.75) is 38.8 Å². The van der Waals surface area contributed by atoms with Gasteiger partial charge in [-0.3, -0.25) is 0 Å². The smallest absolute Gasteiger partial charge is 0.0700 e. The molecule has 0 aliphatic rings. The molecular formula is C10H24N2O2. The predicted octanol–water partition coefficient (Wildman–Crippen LogP) is 0.494. The van der Waals surface area contributed by atoms with Gasteiger partial charge in [-0.05, 0) is 26.7 Å². The largest absolute Gasteiger partial charge is 0.379 e. The van der Waals surface area contributed by atoms with Gasteiger partial charge in [-0.15, -0.1) is 0 Å². The van der Waals surface area contributed by atoms with Crippen molar-refractivity contribution in [3.8, 4) is 0 Å². The van der Waals surface area contributed by atoms with Gasteiger partial charge in [0.2, 0.25) is 0 Å². The summed E-state index contributed by atoms with van der Waals surface area (Å²) in [5.41, 5.74) is 11.1. The number of hydrogen-bond donors (Lipinski definition) is 2. The van der Waals surface area contributed by atoms with Crippen LogP contribution in [0.5, 0.6) is 0 Å². The Labute approximate surface area is 86.9 Å². The van der Waals surface area contributed by atoms with Crippen LogP contribution in [0.1, 0.15) is 26.7 Å². The molecule has 4 N–H and O–H groups in total. The molecule has 0 fully saturated rings. The summed E-state index contributed by atoms with van der Waals surface area (Å²) >= 11 is 0. The molecule has 0 bridgehead atoms. The summed E-state index contributed by atoms with van der Waals surface area (Å²) in [6.45, 7) is 6.67. The van der Waals surface area contributed by atoms with Gasteiger partial charge in [-0.25, -0.2) is 0 Å². The summed E-state index contributed by atoms with van der Waals surface area (Å²) in [4.78, 5) is 0. The minimum Gasteiger partial charge on any atom is -0.379 e. The van der Waals surface area contributed by atoms with E-state index in [9.17, 15) is 0 Å². The molecule has 2 atom stereocenters. The molecule has 0 spiro atoms. The summed E-state index contributed by atoms with van der Waals surface area (Å²) in [5.74, 6) is 0. The van der Waals surface area contributed by atoms with Crippen molar-refractivity contribution in [1.29, 1.82) is 0 Å². The first kappa shape index (κ1) is 13.8. The molecule has 0 amide bonds. The number of rotatable bonds is 9. The van der Waals surface area contributed by atoms with Crippen molar-refractivity contribution in [2.75, 3.05) is 26.4 Å². The normalized spacial score (nSPS) is 15.4. The molecule has 4 heteroatoms. The van der Waals surface area contributed by atoms with Gasteiger partial charge in [0, 0.05) is 25.3 Å². The first-order chi connectivity index (χ1) is 6.63. The average Bonchev–Trinajstić information content (AvgIpc) is 2.08. The maximum Gasteiger partial charge on any atom is 0.0700 e. The fourth-order valence-electron chi connectivity index (χ4n) is 0.860. The van der Waals surface area contributed by atoms with E-state index >= 15 is 0 Å². The van der Waals surface area contributed by atoms with Crippen molar-refractivity contribution in [3.63, 3.8) is 0 Å². The minimum absolute atomic E-state index is 0.217. The molecule has 4 nitrogen and oxygen atoms in total. The Morgan fingerprint density at radius 2 is 1.14 bits per heavy atom. The second-order valence-corrected chi connectivity index (χ2v) is 3.76. The first-order valence-electron chi connectivity index (χ1n) is 5.29. The van der Waals surface area contributed by atoms with E-state index in [2.05, 4.69) is 0 Å². The van der Waals surface area contributed by atoms with Crippen molar-refractivity contribution in [3.05, 3.63) is 0 Å². The van der Waals surface area contributed by atoms with Crippen molar-refractivity contribution >= 4 is 0 Å². The number of ether oxygens (including phenoxy) is 2. The lowest BCUT2D eigenvalue weighted by Gasteiger charge is -2.08. The van der Waals surface area contributed by atoms with Crippen LogP contribution in [0.2, 0.25) is 0 Å². The van der Waals surface area contributed by atoms with Crippen LogP contribution in [0.15, 0.2) is 0 Å². The highest BCUT2D eigenvalue weighted by molar-refractivity contribution is 4.51. The topological polar surface area (TPSA) is 70.5 Å². The van der Waals surface area contributed by atoms with Crippen LogP contribution in [-0.2, 0) is 9.47 Å². The highest BCUT2D eigenvalue weighted by Gasteiger charge is 1.95. The zero-order chi connectivity index (χ0) is 10.8. The van der Waals surface area contributed by atoms with E-state index in [1.54, 1.807) is 0 Å². The Kier molecular flexibility index (Phi) is 9.29. The van der Waals surface area contributed by atoms with E-state index in [1.807, 2.05) is 13.8 Å². The highest BCUT2D eigenvalue weighted by atomic mass is 16.5. The van der Waals surface area contributed by atoms with Crippen LogP contribution in [0.25, 0.3) is 0 Å². The van der Waals surface area contributed by atoms with Gasteiger partial charge < -0.3 is 20.9 Å². The van der Waals surface area contributed by atoms with Gasteiger partial charge in [0.25, 0.3) is 0 Å². The third-order valence-electron chi connectivity index (χ3n) is 1.81. The molecule has 14 heavy (non-hydrogen) atoms. The van der Waals surface area contributed by atoms with Gasteiger partial charge in [-0.2, -0.15) is 0 Å². The number of nitrogens with two attached hydrogens (primary N) is 2. The molecular weight excluding hydrogens is 180 g/mol. The van der Waals surface area contributed by atoms with Gasteiger partial charge >= 0.3 is 0 Å². The second kappa shape index (κ2) is 9.40. The Hall–Kier alpha value is -0.160. The lowest BCUT2D eigenvalue weighted by Crippen LogP contribution is -2.19. The Morgan fingerprint density at radius 1 is 0.786 bits per heavy atom. The molecule has 0 aromatic rings. The quantitative estimate of drug-likeness (QED) is 0.536. The maximum atomic E-state index is 5.56. The Balaban J connectivity index is 2.92. The third-order valence-corrected chi connectivity index (χ3v) is 1.81.